The van der Waals surface area contributed by atoms with Gasteiger partial charge in [-0.05, 0) is 30.5 Å². The van der Waals surface area contributed by atoms with E-state index in [4.69, 9.17) is 4.74 Å². The topological polar surface area (TPSA) is 38.3 Å². The van der Waals surface area contributed by atoms with Gasteiger partial charge in [0.2, 0.25) is 5.91 Å². The zero-order valence-electron chi connectivity index (χ0n) is 10.5. The lowest BCUT2D eigenvalue weighted by Gasteiger charge is -2.30. The molecular weight excluding hydrogens is 214 g/mol. The number of nitrogens with one attached hydrogen (secondary N) is 1. The summed E-state index contributed by atoms with van der Waals surface area (Å²) in [4.78, 5) is 11.4. The van der Waals surface area contributed by atoms with Crippen LogP contribution in [0.5, 0.6) is 5.75 Å². The van der Waals surface area contributed by atoms with Crippen LogP contribution in [0.4, 0.5) is 0 Å². The molecule has 1 fully saturated rings. The first kappa shape index (κ1) is 12.0. The summed E-state index contributed by atoms with van der Waals surface area (Å²) >= 11 is 0. The third-order valence-electron chi connectivity index (χ3n) is 3.49. The number of amides is 1. The van der Waals surface area contributed by atoms with Gasteiger partial charge in [-0.25, -0.2) is 0 Å². The quantitative estimate of drug-likeness (QED) is 0.871. The van der Waals surface area contributed by atoms with Gasteiger partial charge >= 0.3 is 0 Å². The lowest BCUT2D eigenvalue weighted by atomic mass is 9.88. The molecule has 0 radical (unpaired) electrons. The summed E-state index contributed by atoms with van der Waals surface area (Å²) in [5.41, 5.74) is 0.977. The van der Waals surface area contributed by atoms with Gasteiger partial charge in [0.05, 0.1) is 12.6 Å². The van der Waals surface area contributed by atoms with Gasteiger partial charge in [0.1, 0.15) is 5.75 Å². The molecule has 1 saturated carbocycles. The first-order valence-electron chi connectivity index (χ1n) is 6.09. The van der Waals surface area contributed by atoms with E-state index in [-0.39, 0.29) is 11.4 Å². The second-order valence-electron chi connectivity index (χ2n) is 4.70. The van der Waals surface area contributed by atoms with E-state index in [9.17, 15) is 4.79 Å². The molecule has 1 aliphatic carbocycles. The van der Waals surface area contributed by atoms with Gasteiger partial charge in [-0.2, -0.15) is 0 Å². The minimum Gasteiger partial charge on any atom is -0.497 e. The van der Waals surface area contributed by atoms with E-state index >= 15 is 0 Å². The van der Waals surface area contributed by atoms with Crippen molar-refractivity contribution in [1.82, 2.24) is 5.32 Å². The fourth-order valence-corrected chi connectivity index (χ4v) is 2.72. The molecule has 1 amide bonds. The number of hydrogen-bond donors (Lipinski definition) is 1. The van der Waals surface area contributed by atoms with Crippen molar-refractivity contribution in [3.8, 4) is 5.75 Å². The van der Waals surface area contributed by atoms with E-state index in [2.05, 4.69) is 11.4 Å². The maximum absolute atomic E-state index is 11.4. The van der Waals surface area contributed by atoms with Crippen molar-refractivity contribution < 1.29 is 9.53 Å². The molecule has 0 unspecified atom stereocenters. The van der Waals surface area contributed by atoms with Crippen LogP contribution in [0.1, 0.15) is 38.2 Å². The van der Waals surface area contributed by atoms with Crippen molar-refractivity contribution in [3.05, 3.63) is 29.8 Å². The molecule has 3 nitrogen and oxygen atoms in total. The number of methoxy groups -OCH3 is 1. The Morgan fingerprint density at radius 2 is 2.06 bits per heavy atom. The Balaban J connectivity index is 2.34. The van der Waals surface area contributed by atoms with E-state index in [0.29, 0.717) is 0 Å². The first-order chi connectivity index (χ1) is 8.16. The predicted molar refractivity (Wildman–Crippen MR) is 67.0 cm³/mol. The Bertz CT molecular complexity index is 408. The van der Waals surface area contributed by atoms with E-state index in [1.54, 1.807) is 14.0 Å². The third-order valence-corrected chi connectivity index (χ3v) is 3.49. The highest BCUT2D eigenvalue weighted by molar-refractivity contribution is 5.74. The summed E-state index contributed by atoms with van der Waals surface area (Å²) in [6.07, 6.45) is 4.36. The molecule has 3 heteroatoms. The van der Waals surface area contributed by atoms with Crippen LogP contribution >= 0.6 is 0 Å². The largest absolute Gasteiger partial charge is 0.497 e. The molecule has 0 saturated heterocycles. The van der Waals surface area contributed by atoms with E-state index in [0.717, 1.165) is 37.0 Å². The summed E-state index contributed by atoms with van der Waals surface area (Å²) in [6, 6.07) is 8.01. The lowest BCUT2D eigenvalue weighted by Crippen LogP contribution is -2.42. The normalized spacial score (nSPS) is 17.8. The lowest BCUT2D eigenvalue weighted by molar-refractivity contribution is -0.121. The van der Waals surface area contributed by atoms with E-state index in [1.165, 1.54) is 0 Å². The third kappa shape index (κ3) is 2.43. The highest BCUT2D eigenvalue weighted by Crippen LogP contribution is 2.39. The molecule has 92 valence electrons. The highest BCUT2D eigenvalue weighted by Gasteiger charge is 2.36. The molecule has 1 N–H and O–H groups in total. The fraction of sp³-hybridized carbons (Fsp3) is 0.500. The number of benzene rings is 1. The Kier molecular flexibility index (Phi) is 3.36. The van der Waals surface area contributed by atoms with Crippen molar-refractivity contribution >= 4 is 5.91 Å². The number of ether oxygens (including phenoxy) is 1. The summed E-state index contributed by atoms with van der Waals surface area (Å²) in [6.45, 7) is 1.58. The second kappa shape index (κ2) is 4.78. The SMILES string of the molecule is COc1cccc(C2(NC(C)=O)CCCC2)c1. The highest BCUT2D eigenvalue weighted by atomic mass is 16.5. The number of hydrogen-bond acceptors (Lipinski definition) is 2. The maximum Gasteiger partial charge on any atom is 0.217 e. The molecule has 17 heavy (non-hydrogen) atoms. The summed E-state index contributed by atoms with van der Waals surface area (Å²) in [5, 5.41) is 3.13. The summed E-state index contributed by atoms with van der Waals surface area (Å²) < 4.78 is 5.25. The molecule has 1 aliphatic rings. The molecule has 0 aliphatic heterocycles. The minimum absolute atomic E-state index is 0.0368. The Morgan fingerprint density at radius 3 is 2.65 bits per heavy atom. The van der Waals surface area contributed by atoms with Crippen molar-refractivity contribution in [2.75, 3.05) is 7.11 Å². The molecule has 1 aromatic rings. The van der Waals surface area contributed by atoms with Crippen molar-refractivity contribution in [2.24, 2.45) is 0 Å². The van der Waals surface area contributed by atoms with Crippen LogP contribution in [0.3, 0.4) is 0 Å². The monoisotopic (exact) mass is 233 g/mol. The molecule has 0 heterocycles. The van der Waals surface area contributed by atoms with Crippen LogP contribution in [0, 0.1) is 0 Å². The first-order valence-corrected chi connectivity index (χ1v) is 6.09. The number of carbonyl (C=O) groups is 1. The number of rotatable bonds is 3. The molecule has 0 spiro atoms. The zero-order chi connectivity index (χ0) is 12.3. The average molecular weight is 233 g/mol. The minimum atomic E-state index is -0.180. The number of carbonyl (C=O) groups excluding carboxylic acids is 1. The van der Waals surface area contributed by atoms with Gasteiger partial charge in [0.15, 0.2) is 0 Å². The maximum atomic E-state index is 11.4. The van der Waals surface area contributed by atoms with E-state index < -0.39 is 0 Å². The Hall–Kier alpha value is -1.51. The van der Waals surface area contributed by atoms with Crippen LogP contribution in [-0.4, -0.2) is 13.0 Å². The van der Waals surface area contributed by atoms with E-state index in [1.807, 2.05) is 18.2 Å². The van der Waals surface area contributed by atoms with Crippen LogP contribution in [0.2, 0.25) is 0 Å². The fourth-order valence-electron chi connectivity index (χ4n) is 2.72. The van der Waals surface area contributed by atoms with Gasteiger partial charge in [-0.15, -0.1) is 0 Å². The van der Waals surface area contributed by atoms with Crippen molar-refractivity contribution in [3.63, 3.8) is 0 Å². The molecule has 1 aromatic carbocycles. The molecule has 0 aromatic heterocycles. The Morgan fingerprint density at radius 1 is 1.35 bits per heavy atom. The standard InChI is InChI=1S/C14H19NO2/c1-11(16)15-14(8-3-4-9-14)12-6-5-7-13(10-12)17-2/h5-7,10H,3-4,8-9H2,1-2H3,(H,15,16). The molecule has 0 atom stereocenters. The van der Waals surface area contributed by atoms with Crippen LogP contribution in [-0.2, 0) is 10.3 Å². The summed E-state index contributed by atoms with van der Waals surface area (Å²) in [7, 11) is 1.67. The van der Waals surface area contributed by atoms with Gasteiger partial charge in [-0.3, -0.25) is 4.79 Å². The Labute approximate surface area is 102 Å². The van der Waals surface area contributed by atoms with Crippen LogP contribution in [0.15, 0.2) is 24.3 Å². The van der Waals surface area contributed by atoms with Gasteiger partial charge in [-0.1, -0.05) is 25.0 Å². The smallest absolute Gasteiger partial charge is 0.217 e. The molecular formula is C14H19NO2. The summed E-state index contributed by atoms with van der Waals surface area (Å²) in [5.74, 6) is 0.883. The second-order valence-corrected chi connectivity index (χ2v) is 4.70. The molecule has 2 rings (SSSR count). The van der Waals surface area contributed by atoms with Crippen molar-refractivity contribution in [1.29, 1.82) is 0 Å². The predicted octanol–water partition coefficient (Wildman–Crippen LogP) is 2.60. The van der Waals surface area contributed by atoms with Crippen LogP contribution < -0.4 is 10.1 Å². The van der Waals surface area contributed by atoms with Gasteiger partial charge in [0.25, 0.3) is 0 Å². The van der Waals surface area contributed by atoms with Crippen LogP contribution in [0.25, 0.3) is 0 Å². The molecule has 0 bridgehead atoms. The van der Waals surface area contributed by atoms with Gasteiger partial charge in [0, 0.05) is 6.92 Å². The average Bonchev–Trinajstić information content (AvgIpc) is 2.78. The van der Waals surface area contributed by atoms with Gasteiger partial charge < -0.3 is 10.1 Å². The zero-order valence-corrected chi connectivity index (χ0v) is 10.5. The van der Waals surface area contributed by atoms with Crippen molar-refractivity contribution in [2.45, 2.75) is 38.1 Å².